The van der Waals surface area contributed by atoms with E-state index < -0.39 is 6.16 Å². The number of carbonyl (C=O) groups excluding carboxylic acids is 1. The highest BCUT2D eigenvalue weighted by molar-refractivity contribution is 5.60. The predicted molar refractivity (Wildman–Crippen MR) is 40.3 cm³/mol. The van der Waals surface area contributed by atoms with E-state index in [9.17, 15) is 4.79 Å². The van der Waals surface area contributed by atoms with E-state index in [4.69, 9.17) is 9.47 Å². The number of carbonyl (C=O) groups is 1. The van der Waals surface area contributed by atoms with Crippen LogP contribution in [0.4, 0.5) is 4.79 Å². The second kappa shape index (κ2) is 3.60. The molecule has 1 rings (SSSR count). The van der Waals surface area contributed by atoms with Gasteiger partial charge in [-0.3, -0.25) is 0 Å². The largest absolute Gasteiger partial charge is 0.508 e. The average molecular weight is 158 g/mol. The van der Waals surface area contributed by atoms with Gasteiger partial charge in [-0.2, -0.15) is 0 Å². The molecule has 11 heavy (non-hydrogen) atoms. The van der Waals surface area contributed by atoms with Crippen LogP contribution in [0.15, 0.2) is 0 Å². The third-order valence-electron chi connectivity index (χ3n) is 1.66. The van der Waals surface area contributed by atoms with Crippen molar-refractivity contribution in [3.05, 3.63) is 0 Å². The van der Waals surface area contributed by atoms with E-state index in [0.717, 1.165) is 19.3 Å². The second-order valence-corrected chi connectivity index (χ2v) is 2.90. The van der Waals surface area contributed by atoms with Crippen LogP contribution in [0.2, 0.25) is 0 Å². The Morgan fingerprint density at radius 2 is 2.27 bits per heavy atom. The summed E-state index contributed by atoms with van der Waals surface area (Å²) in [5.74, 6) is 0. The summed E-state index contributed by atoms with van der Waals surface area (Å²) in [5.41, 5.74) is 0. The molecule has 0 N–H and O–H groups in total. The monoisotopic (exact) mass is 158 g/mol. The van der Waals surface area contributed by atoms with Crippen LogP contribution in [-0.4, -0.2) is 18.4 Å². The van der Waals surface area contributed by atoms with Gasteiger partial charge in [0.2, 0.25) is 0 Å². The van der Waals surface area contributed by atoms with Gasteiger partial charge in [0.25, 0.3) is 0 Å². The molecule has 3 heteroatoms. The van der Waals surface area contributed by atoms with Crippen molar-refractivity contribution in [2.45, 2.75) is 45.3 Å². The van der Waals surface area contributed by atoms with Crippen molar-refractivity contribution < 1.29 is 14.3 Å². The minimum atomic E-state index is -0.512. The van der Waals surface area contributed by atoms with Crippen LogP contribution in [-0.2, 0) is 9.47 Å². The van der Waals surface area contributed by atoms with Crippen LogP contribution in [0.5, 0.6) is 0 Å². The fourth-order valence-corrected chi connectivity index (χ4v) is 0.597. The van der Waals surface area contributed by atoms with Gasteiger partial charge in [-0.15, -0.1) is 0 Å². The molecule has 0 aliphatic heterocycles. The van der Waals surface area contributed by atoms with Gasteiger partial charge in [0.15, 0.2) is 0 Å². The lowest BCUT2D eigenvalue weighted by molar-refractivity contribution is 0.0235. The Balaban J connectivity index is 2.08. The first-order valence-corrected chi connectivity index (χ1v) is 4.09. The van der Waals surface area contributed by atoms with Crippen LogP contribution in [0.3, 0.4) is 0 Å². The van der Waals surface area contributed by atoms with Gasteiger partial charge in [-0.05, 0) is 26.2 Å². The third-order valence-corrected chi connectivity index (χ3v) is 1.66. The minimum Gasteiger partial charge on any atom is -0.431 e. The van der Waals surface area contributed by atoms with Crippen molar-refractivity contribution >= 4 is 6.16 Å². The van der Waals surface area contributed by atoms with E-state index in [2.05, 4.69) is 0 Å². The zero-order chi connectivity index (χ0) is 8.27. The summed E-state index contributed by atoms with van der Waals surface area (Å²) in [7, 11) is 0. The number of hydrogen-bond donors (Lipinski definition) is 0. The van der Waals surface area contributed by atoms with Crippen molar-refractivity contribution in [1.82, 2.24) is 0 Å². The molecule has 1 saturated carbocycles. The van der Waals surface area contributed by atoms with Crippen LogP contribution in [0.25, 0.3) is 0 Å². The van der Waals surface area contributed by atoms with Crippen molar-refractivity contribution in [3.63, 3.8) is 0 Å². The Labute approximate surface area is 66.7 Å². The SMILES string of the molecule is CC[C@H](C)OC(=O)OC1CC1. The molecule has 0 saturated heterocycles. The molecule has 0 spiro atoms. The van der Waals surface area contributed by atoms with Crippen molar-refractivity contribution in [2.75, 3.05) is 0 Å². The van der Waals surface area contributed by atoms with Crippen molar-refractivity contribution in [1.29, 1.82) is 0 Å². The fraction of sp³-hybridized carbons (Fsp3) is 0.875. The Morgan fingerprint density at radius 3 is 2.73 bits per heavy atom. The zero-order valence-corrected chi connectivity index (χ0v) is 7.00. The molecule has 0 heterocycles. The topological polar surface area (TPSA) is 35.5 Å². The van der Waals surface area contributed by atoms with E-state index in [0.29, 0.717) is 0 Å². The van der Waals surface area contributed by atoms with Gasteiger partial charge >= 0.3 is 6.16 Å². The smallest absolute Gasteiger partial charge is 0.431 e. The summed E-state index contributed by atoms with van der Waals surface area (Å²) < 4.78 is 9.76. The zero-order valence-electron chi connectivity index (χ0n) is 7.00. The Kier molecular flexibility index (Phi) is 2.74. The quantitative estimate of drug-likeness (QED) is 0.590. The molecule has 1 atom stereocenters. The fourth-order valence-electron chi connectivity index (χ4n) is 0.597. The lowest BCUT2D eigenvalue weighted by atomic mass is 10.3. The number of hydrogen-bond acceptors (Lipinski definition) is 3. The van der Waals surface area contributed by atoms with Crippen molar-refractivity contribution in [3.8, 4) is 0 Å². The average Bonchev–Trinajstić information content (AvgIpc) is 2.71. The maximum atomic E-state index is 10.8. The van der Waals surface area contributed by atoms with Gasteiger partial charge in [0, 0.05) is 0 Å². The molecule has 0 bridgehead atoms. The first kappa shape index (κ1) is 8.37. The molecular weight excluding hydrogens is 144 g/mol. The highest BCUT2D eigenvalue weighted by atomic mass is 16.7. The number of rotatable bonds is 3. The standard InChI is InChI=1S/C8H14O3/c1-3-6(2)10-8(9)11-7-4-5-7/h6-7H,3-5H2,1-2H3/t6-/m0/s1. The maximum Gasteiger partial charge on any atom is 0.508 e. The van der Waals surface area contributed by atoms with Gasteiger partial charge in [-0.25, -0.2) is 4.79 Å². The molecule has 0 radical (unpaired) electrons. The van der Waals surface area contributed by atoms with E-state index >= 15 is 0 Å². The van der Waals surface area contributed by atoms with E-state index in [1.54, 1.807) is 0 Å². The van der Waals surface area contributed by atoms with Crippen LogP contribution < -0.4 is 0 Å². The molecule has 1 fully saturated rings. The molecule has 1 aliphatic carbocycles. The summed E-state index contributed by atoms with van der Waals surface area (Å²) in [6.07, 6.45) is 2.43. The molecule has 3 nitrogen and oxygen atoms in total. The summed E-state index contributed by atoms with van der Waals surface area (Å²) in [6, 6.07) is 0. The summed E-state index contributed by atoms with van der Waals surface area (Å²) >= 11 is 0. The third kappa shape index (κ3) is 3.25. The van der Waals surface area contributed by atoms with Crippen LogP contribution in [0, 0.1) is 0 Å². The normalized spacial score (nSPS) is 19.1. The lowest BCUT2D eigenvalue weighted by Gasteiger charge is -2.09. The van der Waals surface area contributed by atoms with Gasteiger partial charge < -0.3 is 9.47 Å². The van der Waals surface area contributed by atoms with Gasteiger partial charge in [0.1, 0.15) is 12.2 Å². The van der Waals surface area contributed by atoms with Crippen molar-refractivity contribution in [2.24, 2.45) is 0 Å². The summed E-state index contributed by atoms with van der Waals surface area (Å²) in [4.78, 5) is 10.8. The molecule has 0 unspecified atom stereocenters. The molecule has 0 amide bonds. The number of ether oxygens (including phenoxy) is 2. The van der Waals surface area contributed by atoms with Gasteiger partial charge in [0.05, 0.1) is 0 Å². The molecule has 1 aliphatic rings. The lowest BCUT2D eigenvalue weighted by Crippen LogP contribution is -2.15. The summed E-state index contributed by atoms with van der Waals surface area (Å²) in [5, 5.41) is 0. The Morgan fingerprint density at radius 1 is 1.64 bits per heavy atom. The maximum absolute atomic E-state index is 10.8. The first-order valence-electron chi connectivity index (χ1n) is 4.09. The Hall–Kier alpha value is -0.730. The molecular formula is C8H14O3. The molecule has 0 aromatic carbocycles. The van der Waals surface area contributed by atoms with Crippen LogP contribution >= 0.6 is 0 Å². The Bertz CT molecular complexity index is 140. The second-order valence-electron chi connectivity index (χ2n) is 2.90. The predicted octanol–water partition coefficient (Wildman–Crippen LogP) is 2.10. The first-order chi connectivity index (χ1) is 5.22. The van der Waals surface area contributed by atoms with Crippen LogP contribution in [0.1, 0.15) is 33.1 Å². The summed E-state index contributed by atoms with van der Waals surface area (Å²) in [6.45, 7) is 3.82. The molecule has 0 aromatic rings. The molecule has 64 valence electrons. The highest BCUT2D eigenvalue weighted by Gasteiger charge is 2.27. The molecule has 0 aromatic heterocycles. The minimum absolute atomic E-state index is 0.0266. The van der Waals surface area contributed by atoms with E-state index in [1.165, 1.54) is 0 Å². The van der Waals surface area contributed by atoms with E-state index in [1.807, 2.05) is 13.8 Å². The highest BCUT2D eigenvalue weighted by Crippen LogP contribution is 2.24. The van der Waals surface area contributed by atoms with E-state index in [-0.39, 0.29) is 12.2 Å². The van der Waals surface area contributed by atoms with Gasteiger partial charge in [-0.1, -0.05) is 6.92 Å².